The molecule has 0 aliphatic rings. The van der Waals surface area contributed by atoms with Crippen LogP contribution in [0.15, 0.2) is 47.2 Å². The van der Waals surface area contributed by atoms with E-state index in [-0.39, 0.29) is 6.61 Å². The molecule has 0 aliphatic heterocycles. The Labute approximate surface area is 108 Å². The van der Waals surface area contributed by atoms with E-state index in [0.29, 0.717) is 6.54 Å². The van der Waals surface area contributed by atoms with Crippen LogP contribution in [-0.2, 0) is 6.54 Å². The fourth-order valence-corrected chi connectivity index (χ4v) is 1.74. The van der Waals surface area contributed by atoms with Crippen molar-refractivity contribution in [2.75, 3.05) is 6.61 Å². The molecule has 0 unspecified atom stereocenters. The Morgan fingerprint density at radius 3 is 2.76 bits per heavy atom. The van der Waals surface area contributed by atoms with Crippen molar-refractivity contribution in [1.29, 1.82) is 0 Å². The summed E-state index contributed by atoms with van der Waals surface area (Å²) in [6.07, 6.45) is 2.92. The first kappa shape index (κ1) is 12.1. The molecule has 0 spiro atoms. The van der Waals surface area contributed by atoms with E-state index in [9.17, 15) is 5.11 Å². The number of hydrogen-bond acceptors (Lipinski definition) is 3. The van der Waals surface area contributed by atoms with Crippen molar-refractivity contribution in [2.24, 2.45) is 0 Å². The highest BCUT2D eigenvalue weighted by Gasteiger charge is 2.07. The van der Waals surface area contributed by atoms with E-state index in [1.807, 2.05) is 36.5 Å². The van der Waals surface area contributed by atoms with Crippen LogP contribution in [-0.4, -0.2) is 27.6 Å². The van der Waals surface area contributed by atoms with E-state index >= 15 is 0 Å². The zero-order valence-electron chi connectivity index (χ0n) is 9.16. The summed E-state index contributed by atoms with van der Waals surface area (Å²) in [6, 6.07) is 9.43. The van der Waals surface area contributed by atoms with E-state index in [4.69, 9.17) is 4.74 Å². The smallest absolute Gasteiger partial charge is 0.119 e. The maximum Gasteiger partial charge on any atom is 0.119 e. The normalized spacial score (nSPS) is 12.4. The van der Waals surface area contributed by atoms with Gasteiger partial charge in [0.2, 0.25) is 0 Å². The molecule has 2 aromatic rings. The Balaban J connectivity index is 1.80. The number of nitrogens with zero attached hydrogens (tertiary/aromatic N) is 2. The summed E-state index contributed by atoms with van der Waals surface area (Å²) in [6.45, 7) is 0.667. The zero-order valence-corrected chi connectivity index (χ0v) is 10.7. The lowest BCUT2D eigenvalue weighted by Crippen LogP contribution is -2.23. The molecule has 0 bridgehead atoms. The summed E-state index contributed by atoms with van der Waals surface area (Å²) in [5.74, 6) is 0.758. The van der Waals surface area contributed by atoms with E-state index in [1.54, 1.807) is 10.9 Å². The van der Waals surface area contributed by atoms with E-state index in [0.717, 1.165) is 10.2 Å². The van der Waals surface area contributed by atoms with Crippen LogP contribution in [0.5, 0.6) is 5.75 Å². The lowest BCUT2D eigenvalue weighted by Gasteiger charge is -2.12. The molecule has 1 heterocycles. The lowest BCUT2D eigenvalue weighted by atomic mass is 10.3. The number of halogens is 1. The van der Waals surface area contributed by atoms with Gasteiger partial charge < -0.3 is 9.84 Å². The van der Waals surface area contributed by atoms with Gasteiger partial charge in [-0.1, -0.05) is 18.2 Å². The molecular weight excluding hydrogens is 284 g/mol. The molecule has 17 heavy (non-hydrogen) atoms. The summed E-state index contributed by atoms with van der Waals surface area (Å²) >= 11 is 3.30. The van der Waals surface area contributed by atoms with Crippen LogP contribution in [0, 0.1) is 0 Å². The van der Waals surface area contributed by atoms with Crippen LogP contribution < -0.4 is 4.74 Å². The first-order valence-electron chi connectivity index (χ1n) is 5.28. The fourth-order valence-electron chi connectivity index (χ4n) is 1.42. The number of aliphatic hydroxyl groups excluding tert-OH is 1. The van der Waals surface area contributed by atoms with Gasteiger partial charge in [0.05, 0.1) is 17.2 Å². The summed E-state index contributed by atoms with van der Waals surface area (Å²) in [7, 11) is 0. The molecule has 4 nitrogen and oxygen atoms in total. The second kappa shape index (κ2) is 5.84. The van der Waals surface area contributed by atoms with Crippen molar-refractivity contribution in [1.82, 2.24) is 9.78 Å². The molecule has 1 atom stereocenters. The van der Waals surface area contributed by atoms with Crippen molar-refractivity contribution >= 4 is 15.9 Å². The largest absolute Gasteiger partial charge is 0.491 e. The Morgan fingerprint density at radius 1 is 1.35 bits per heavy atom. The quantitative estimate of drug-likeness (QED) is 0.919. The van der Waals surface area contributed by atoms with Gasteiger partial charge in [0.1, 0.15) is 18.5 Å². The molecule has 2 rings (SSSR count). The van der Waals surface area contributed by atoms with Crippen LogP contribution in [0.25, 0.3) is 0 Å². The molecule has 1 aromatic carbocycles. The van der Waals surface area contributed by atoms with Crippen molar-refractivity contribution in [3.8, 4) is 5.75 Å². The number of aromatic nitrogens is 2. The van der Waals surface area contributed by atoms with Gasteiger partial charge in [-0.25, -0.2) is 0 Å². The highest BCUT2D eigenvalue weighted by molar-refractivity contribution is 9.10. The molecule has 0 aliphatic carbocycles. The minimum atomic E-state index is -0.581. The van der Waals surface area contributed by atoms with Crippen molar-refractivity contribution in [2.45, 2.75) is 12.6 Å². The van der Waals surface area contributed by atoms with Crippen LogP contribution in [0.1, 0.15) is 0 Å². The van der Waals surface area contributed by atoms with Gasteiger partial charge in [-0.3, -0.25) is 4.68 Å². The third-order valence-corrected chi connectivity index (χ3v) is 2.59. The Hall–Kier alpha value is -1.33. The predicted molar refractivity (Wildman–Crippen MR) is 67.9 cm³/mol. The Morgan fingerprint density at radius 2 is 2.12 bits per heavy atom. The summed E-state index contributed by atoms with van der Waals surface area (Å²) in [5.41, 5.74) is 0. The summed E-state index contributed by atoms with van der Waals surface area (Å²) < 4.78 is 8.01. The number of para-hydroxylation sites is 1. The summed E-state index contributed by atoms with van der Waals surface area (Å²) in [5, 5.41) is 13.8. The van der Waals surface area contributed by atoms with E-state index in [1.165, 1.54) is 0 Å². The number of rotatable bonds is 5. The standard InChI is InChI=1S/C12H13BrN2O2/c13-10-6-14-15(7-10)8-11(16)9-17-12-4-2-1-3-5-12/h1-7,11,16H,8-9H2/t11-/m1/s1. The number of benzene rings is 1. The minimum absolute atomic E-state index is 0.251. The van der Waals surface area contributed by atoms with E-state index in [2.05, 4.69) is 21.0 Å². The molecule has 0 amide bonds. The second-order valence-corrected chi connectivity index (χ2v) is 4.57. The topological polar surface area (TPSA) is 47.3 Å². The van der Waals surface area contributed by atoms with Crippen LogP contribution in [0.3, 0.4) is 0 Å². The highest BCUT2D eigenvalue weighted by Crippen LogP contribution is 2.10. The molecule has 1 aromatic heterocycles. The highest BCUT2D eigenvalue weighted by atomic mass is 79.9. The minimum Gasteiger partial charge on any atom is -0.491 e. The van der Waals surface area contributed by atoms with E-state index < -0.39 is 6.10 Å². The predicted octanol–water partition coefficient (Wildman–Crippen LogP) is 2.09. The maximum atomic E-state index is 9.77. The average molecular weight is 297 g/mol. The van der Waals surface area contributed by atoms with Crippen LogP contribution in [0.2, 0.25) is 0 Å². The number of aliphatic hydroxyl groups is 1. The first-order valence-corrected chi connectivity index (χ1v) is 6.07. The van der Waals surface area contributed by atoms with Gasteiger partial charge in [0.15, 0.2) is 0 Å². The molecule has 0 saturated heterocycles. The van der Waals surface area contributed by atoms with Gasteiger partial charge in [0, 0.05) is 6.20 Å². The summed E-state index contributed by atoms with van der Waals surface area (Å²) in [4.78, 5) is 0. The van der Waals surface area contributed by atoms with Gasteiger partial charge >= 0.3 is 0 Å². The van der Waals surface area contributed by atoms with Gasteiger partial charge in [-0.15, -0.1) is 0 Å². The van der Waals surface area contributed by atoms with Crippen molar-refractivity contribution in [3.63, 3.8) is 0 Å². The van der Waals surface area contributed by atoms with Crippen molar-refractivity contribution < 1.29 is 9.84 Å². The second-order valence-electron chi connectivity index (χ2n) is 3.66. The average Bonchev–Trinajstić information content (AvgIpc) is 2.73. The third kappa shape index (κ3) is 3.87. The Kier molecular flexibility index (Phi) is 4.17. The van der Waals surface area contributed by atoms with Gasteiger partial charge in [0.25, 0.3) is 0 Å². The molecule has 90 valence electrons. The fraction of sp³-hybridized carbons (Fsp3) is 0.250. The number of hydrogen-bond donors (Lipinski definition) is 1. The third-order valence-electron chi connectivity index (χ3n) is 2.19. The monoisotopic (exact) mass is 296 g/mol. The molecule has 0 radical (unpaired) electrons. The van der Waals surface area contributed by atoms with Gasteiger partial charge in [-0.05, 0) is 28.1 Å². The van der Waals surface area contributed by atoms with Crippen LogP contribution in [0.4, 0.5) is 0 Å². The number of ether oxygens (including phenoxy) is 1. The molecule has 5 heteroatoms. The molecule has 1 N–H and O–H groups in total. The van der Waals surface area contributed by atoms with Gasteiger partial charge in [-0.2, -0.15) is 5.10 Å². The zero-order chi connectivity index (χ0) is 12.1. The van der Waals surface area contributed by atoms with Crippen molar-refractivity contribution in [3.05, 3.63) is 47.2 Å². The van der Waals surface area contributed by atoms with Crippen LogP contribution >= 0.6 is 15.9 Å². The SMILES string of the molecule is O[C@@H](COc1ccccc1)Cn1cc(Br)cn1. The molecule has 0 saturated carbocycles. The molecule has 0 fully saturated rings. The first-order chi connectivity index (χ1) is 8.24. The Bertz CT molecular complexity index is 459. The lowest BCUT2D eigenvalue weighted by molar-refractivity contribution is 0.0893. The molecular formula is C12H13BrN2O2. The maximum absolute atomic E-state index is 9.77.